The van der Waals surface area contributed by atoms with Gasteiger partial charge in [-0.15, -0.1) is 0 Å². The lowest BCUT2D eigenvalue weighted by molar-refractivity contribution is -0.174. The number of halogens is 1. The average Bonchev–Trinajstić information content (AvgIpc) is 3.43. The summed E-state index contributed by atoms with van der Waals surface area (Å²) < 4.78 is 20.3. The van der Waals surface area contributed by atoms with Crippen LogP contribution in [0, 0.1) is 59.1 Å². The van der Waals surface area contributed by atoms with Gasteiger partial charge in [-0.05, 0) is 123 Å². The first-order valence-electron chi connectivity index (χ1n) is 14.5. The maximum absolute atomic E-state index is 14.5. The van der Waals surface area contributed by atoms with Crippen molar-refractivity contribution in [2.75, 3.05) is 0 Å². The molecule has 4 aliphatic carbocycles. The highest BCUT2D eigenvalue weighted by Crippen LogP contribution is 2.68. The van der Waals surface area contributed by atoms with Gasteiger partial charge in [-0.2, -0.15) is 0 Å². The molecule has 0 bridgehead atoms. The minimum absolute atomic E-state index is 0.0392. The van der Waals surface area contributed by atoms with Gasteiger partial charge in [0.15, 0.2) is 17.3 Å². The van der Waals surface area contributed by atoms with E-state index in [-0.39, 0.29) is 28.9 Å². The van der Waals surface area contributed by atoms with Crippen LogP contribution in [0.5, 0.6) is 0 Å². The maximum Gasteiger partial charge on any atom is 0.195 e. The lowest BCUT2D eigenvalue weighted by atomic mass is 9.43. The number of rotatable bonds is 4. The number of aryl methyl sites for hydroxylation is 2. The molecule has 36 heavy (non-hydrogen) atoms. The molecular weight excluding hydrogens is 453 g/mol. The minimum Gasteiger partial charge on any atom is -0.441 e. The van der Waals surface area contributed by atoms with Gasteiger partial charge in [-0.25, -0.2) is 9.37 Å². The van der Waals surface area contributed by atoms with Crippen molar-refractivity contribution in [3.05, 3.63) is 29.4 Å². The Balaban J connectivity index is 1.18. The van der Waals surface area contributed by atoms with Crippen molar-refractivity contribution in [1.29, 1.82) is 0 Å². The van der Waals surface area contributed by atoms with Crippen LogP contribution < -0.4 is 0 Å². The molecule has 0 spiro atoms. The molecule has 2 N–H and O–H groups in total. The van der Waals surface area contributed by atoms with Crippen LogP contribution >= 0.6 is 0 Å². The van der Waals surface area contributed by atoms with E-state index in [1.165, 1.54) is 25.7 Å². The summed E-state index contributed by atoms with van der Waals surface area (Å²) in [4.78, 5) is 4.48. The smallest absolute Gasteiger partial charge is 0.195 e. The molecule has 4 nitrogen and oxygen atoms in total. The van der Waals surface area contributed by atoms with Gasteiger partial charge in [0, 0.05) is 6.42 Å². The van der Waals surface area contributed by atoms with Crippen LogP contribution in [0.3, 0.4) is 0 Å². The van der Waals surface area contributed by atoms with Gasteiger partial charge in [-0.3, -0.25) is 0 Å². The van der Waals surface area contributed by atoms with Crippen molar-refractivity contribution < 1.29 is 19.0 Å². The first-order chi connectivity index (χ1) is 17.1. The van der Waals surface area contributed by atoms with Crippen LogP contribution in [0.1, 0.15) is 90.0 Å². The summed E-state index contributed by atoms with van der Waals surface area (Å²) in [6, 6.07) is 3.56. The number of nitrogens with zero attached hydrogens (tertiary/aromatic N) is 1. The molecule has 4 fully saturated rings. The zero-order valence-corrected chi connectivity index (χ0v) is 22.5. The van der Waals surface area contributed by atoms with E-state index in [4.69, 9.17) is 4.42 Å². The summed E-state index contributed by atoms with van der Waals surface area (Å²) in [5, 5.41) is 22.1. The summed E-state index contributed by atoms with van der Waals surface area (Å²) in [5.74, 6) is 3.77. The number of aromatic nitrogens is 1. The normalized spacial score (nSPS) is 43.1. The third kappa shape index (κ3) is 3.62. The standard InChI is InChI=1S/C31H44FNO3/c1-17(6-12-27-33-29-25(36-27)11-5-18(2)28(29)32)22-9-10-23-21-8-7-19-15-20(34)13-14-30(19,3)24(21)16-26(35)31(22,23)4/h5,11,17,19-24,26,34-35H,6-10,12-16H2,1-4H3/t17?,19-,20-,21+,22-,23+,24+,26+,30+,31-/m1/s1. The van der Waals surface area contributed by atoms with Gasteiger partial charge < -0.3 is 14.6 Å². The quantitative estimate of drug-likeness (QED) is 0.486. The first kappa shape index (κ1) is 24.9. The molecule has 1 heterocycles. The van der Waals surface area contributed by atoms with E-state index in [1.54, 1.807) is 13.0 Å². The molecule has 0 radical (unpaired) electrons. The van der Waals surface area contributed by atoms with Gasteiger partial charge in [-0.1, -0.05) is 26.8 Å². The third-order valence-electron chi connectivity index (χ3n) is 12.1. The van der Waals surface area contributed by atoms with Crippen molar-refractivity contribution in [1.82, 2.24) is 4.98 Å². The van der Waals surface area contributed by atoms with Crippen LogP contribution in [-0.2, 0) is 6.42 Å². The van der Waals surface area contributed by atoms with Crippen molar-refractivity contribution >= 4 is 11.1 Å². The highest BCUT2D eigenvalue weighted by molar-refractivity contribution is 5.74. The monoisotopic (exact) mass is 497 g/mol. The molecule has 1 aromatic carbocycles. The molecule has 6 rings (SSSR count). The Kier molecular flexibility index (Phi) is 6.07. The SMILES string of the molecule is Cc1ccc2oc(CCC(C)[C@H]3CC[C@H]4[C@@H]5CC[C@@H]6C[C@H](O)CC[C@]6(C)[C@H]5C[C@H](O)[C@]34C)nc2c1F. The van der Waals surface area contributed by atoms with Crippen molar-refractivity contribution in [3.8, 4) is 0 Å². The predicted molar refractivity (Wildman–Crippen MR) is 139 cm³/mol. The summed E-state index contributed by atoms with van der Waals surface area (Å²) in [6.07, 6.45) is 10.1. The highest BCUT2D eigenvalue weighted by Gasteiger charge is 2.63. The number of aliphatic hydroxyl groups excluding tert-OH is 2. The Hall–Kier alpha value is -1.46. The minimum atomic E-state index is -0.280. The number of hydrogen-bond acceptors (Lipinski definition) is 4. The number of hydrogen-bond donors (Lipinski definition) is 2. The Morgan fingerprint density at radius 2 is 1.89 bits per heavy atom. The largest absolute Gasteiger partial charge is 0.441 e. The van der Waals surface area contributed by atoms with Gasteiger partial charge in [0.1, 0.15) is 5.52 Å². The Labute approximate surface area is 215 Å². The third-order valence-corrected chi connectivity index (χ3v) is 12.1. The second-order valence-electron chi connectivity index (χ2n) is 13.6. The number of aliphatic hydroxyl groups is 2. The summed E-state index contributed by atoms with van der Waals surface area (Å²) in [6.45, 7) is 8.97. The molecule has 1 unspecified atom stereocenters. The van der Waals surface area contributed by atoms with Crippen molar-refractivity contribution in [2.24, 2.45) is 46.3 Å². The van der Waals surface area contributed by atoms with Crippen molar-refractivity contribution in [3.63, 3.8) is 0 Å². The molecule has 0 amide bonds. The second kappa shape index (κ2) is 8.80. The molecule has 4 saturated carbocycles. The molecule has 0 aliphatic heterocycles. The average molecular weight is 498 g/mol. The van der Waals surface area contributed by atoms with E-state index in [2.05, 4.69) is 25.8 Å². The molecule has 2 aromatic rings. The second-order valence-corrected chi connectivity index (χ2v) is 13.6. The van der Waals surface area contributed by atoms with Gasteiger partial charge >= 0.3 is 0 Å². The van der Waals surface area contributed by atoms with Crippen LogP contribution in [-0.4, -0.2) is 27.4 Å². The molecule has 10 atom stereocenters. The summed E-state index contributed by atoms with van der Waals surface area (Å²) in [5.41, 5.74) is 1.70. The van der Waals surface area contributed by atoms with E-state index in [0.717, 1.165) is 32.1 Å². The predicted octanol–water partition coefficient (Wildman–Crippen LogP) is 6.83. The molecule has 4 aliphatic rings. The molecule has 5 heteroatoms. The zero-order chi connectivity index (χ0) is 25.4. The lowest BCUT2D eigenvalue weighted by Gasteiger charge is -2.62. The lowest BCUT2D eigenvalue weighted by Crippen LogP contribution is -2.58. The van der Waals surface area contributed by atoms with Crippen molar-refractivity contribution in [2.45, 2.75) is 104 Å². The van der Waals surface area contributed by atoms with E-state index >= 15 is 0 Å². The molecular formula is C31H44FNO3. The number of benzene rings is 1. The van der Waals surface area contributed by atoms with Crippen LogP contribution in [0.2, 0.25) is 0 Å². The molecule has 0 saturated heterocycles. The molecule has 1 aromatic heterocycles. The van der Waals surface area contributed by atoms with E-state index < -0.39 is 0 Å². The van der Waals surface area contributed by atoms with Crippen LogP contribution in [0.4, 0.5) is 4.39 Å². The number of fused-ring (bicyclic) bond motifs is 6. The van der Waals surface area contributed by atoms with E-state index in [0.29, 0.717) is 64.5 Å². The Bertz CT molecular complexity index is 1130. The maximum atomic E-state index is 14.5. The number of oxazole rings is 1. The fourth-order valence-electron chi connectivity index (χ4n) is 9.93. The highest BCUT2D eigenvalue weighted by atomic mass is 19.1. The Morgan fingerprint density at radius 1 is 1.08 bits per heavy atom. The first-order valence-corrected chi connectivity index (χ1v) is 14.5. The summed E-state index contributed by atoms with van der Waals surface area (Å²) in [7, 11) is 0. The summed E-state index contributed by atoms with van der Waals surface area (Å²) >= 11 is 0. The molecule has 198 valence electrons. The van der Waals surface area contributed by atoms with Crippen LogP contribution in [0.15, 0.2) is 16.5 Å². The van der Waals surface area contributed by atoms with Gasteiger partial charge in [0.2, 0.25) is 0 Å². The zero-order valence-electron chi connectivity index (χ0n) is 22.5. The Morgan fingerprint density at radius 3 is 2.69 bits per heavy atom. The van der Waals surface area contributed by atoms with Gasteiger partial charge in [0.05, 0.1) is 12.2 Å². The van der Waals surface area contributed by atoms with Gasteiger partial charge in [0.25, 0.3) is 0 Å². The fraction of sp³-hybridized carbons (Fsp3) is 0.774. The fourth-order valence-corrected chi connectivity index (χ4v) is 9.93. The van der Waals surface area contributed by atoms with E-state index in [9.17, 15) is 14.6 Å². The van der Waals surface area contributed by atoms with E-state index in [1.807, 2.05) is 6.07 Å². The topological polar surface area (TPSA) is 66.5 Å². The van der Waals surface area contributed by atoms with Crippen LogP contribution in [0.25, 0.3) is 11.1 Å².